The molecule has 1 aliphatic rings. The monoisotopic (exact) mass is 379 g/mol. The third-order valence-electron chi connectivity index (χ3n) is 4.74. The molecule has 2 aromatic rings. The van der Waals surface area contributed by atoms with Crippen LogP contribution in [0.25, 0.3) is 0 Å². The van der Waals surface area contributed by atoms with Crippen LogP contribution in [0.4, 0.5) is 10.5 Å². The normalized spacial score (nSPS) is 18.7. The van der Waals surface area contributed by atoms with Crippen LogP contribution in [0, 0.1) is 0 Å². The summed E-state index contributed by atoms with van der Waals surface area (Å²) in [5.41, 5.74) is 0.380. The molecule has 2 N–H and O–H groups in total. The van der Waals surface area contributed by atoms with E-state index in [1.54, 1.807) is 62.4 Å². The van der Waals surface area contributed by atoms with Gasteiger partial charge in [-0.05, 0) is 36.8 Å². The second-order valence-electron chi connectivity index (χ2n) is 6.71. The number of nitrogens with one attached hydrogen (secondary N) is 2. The Kier molecular flexibility index (Phi) is 5.26. The van der Waals surface area contributed by atoms with Gasteiger partial charge < -0.3 is 10.6 Å². The molecule has 0 aromatic heterocycles. The lowest BCUT2D eigenvalue weighted by atomic mass is 9.92. The SMILES string of the molecule is CCC(=O)Nc1ccc(C(=O)CN2C(=O)N[C@](C)(c3ccccc3)C2=O)cc1. The first kappa shape index (κ1) is 19.3. The minimum absolute atomic E-state index is 0.126. The minimum Gasteiger partial charge on any atom is -0.326 e. The average molecular weight is 379 g/mol. The van der Waals surface area contributed by atoms with E-state index in [4.69, 9.17) is 0 Å². The van der Waals surface area contributed by atoms with Crippen LogP contribution in [-0.2, 0) is 15.1 Å². The summed E-state index contributed by atoms with van der Waals surface area (Å²) < 4.78 is 0. The lowest BCUT2D eigenvalue weighted by molar-refractivity contribution is -0.130. The number of anilines is 1. The molecule has 1 aliphatic heterocycles. The third kappa shape index (κ3) is 3.64. The first-order valence-electron chi connectivity index (χ1n) is 8.98. The van der Waals surface area contributed by atoms with Gasteiger partial charge in [0.25, 0.3) is 5.91 Å². The molecule has 0 unspecified atom stereocenters. The molecule has 0 aliphatic carbocycles. The summed E-state index contributed by atoms with van der Waals surface area (Å²) in [4.78, 5) is 50.1. The first-order chi connectivity index (χ1) is 13.3. The third-order valence-corrected chi connectivity index (χ3v) is 4.74. The minimum atomic E-state index is -1.20. The summed E-state index contributed by atoms with van der Waals surface area (Å²) in [6.45, 7) is 3.01. The highest BCUT2D eigenvalue weighted by atomic mass is 16.2. The Labute approximate surface area is 162 Å². The molecule has 1 saturated heterocycles. The van der Waals surface area contributed by atoms with Gasteiger partial charge in [-0.1, -0.05) is 37.3 Å². The summed E-state index contributed by atoms with van der Waals surface area (Å²) >= 11 is 0. The molecule has 1 heterocycles. The molecule has 4 amide bonds. The molecule has 0 spiro atoms. The van der Waals surface area contributed by atoms with Crippen molar-refractivity contribution >= 4 is 29.3 Å². The molecular weight excluding hydrogens is 358 g/mol. The number of hydrogen-bond donors (Lipinski definition) is 2. The number of benzene rings is 2. The van der Waals surface area contributed by atoms with Crippen LogP contribution in [0.15, 0.2) is 54.6 Å². The van der Waals surface area contributed by atoms with Crippen molar-refractivity contribution in [1.82, 2.24) is 10.2 Å². The van der Waals surface area contributed by atoms with Gasteiger partial charge in [-0.2, -0.15) is 0 Å². The predicted octanol–water partition coefficient (Wildman–Crippen LogP) is 2.69. The van der Waals surface area contributed by atoms with Gasteiger partial charge >= 0.3 is 6.03 Å². The quantitative estimate of drug-likeness (QED) is 0.596. The molecule has 7 heteroatoms. The van der Waals surface area contributed by atoms with Gasteiger partial charge in [0.2, 0.25) is 5.91 Å². The molecule has 0 radical (unpaired) electrons. The van der Waals surface area contributed by atoms with Crippen LogP contribution in [-0.4, -0.2) is 35.1 Å². The Bertz CT molecular complexity index is 924. The Morgan fingerprint density at radius 2 is 1.68 bits per heavy atom. The van der Waals surface area contributed by atoms with Crippen LogP contribution in [0.2, 0.25) is 0 Å². The zero-order valence-electron chi connectivity index (χ0n) is 15.7. The van der Waals surface area contributed by atoms with Gasteiger partial charge in [0.1, 0.15) is 5.54 Å². The van der Waals surface area contributed by atoms with E-state index in [0.717, 1.165) is 4.90 Å². The molecule has 1 fully saturated rings. The first-order valence-corrected chi connectivity index (χ1v) is 8.98. The molecular formula is C21H21N3O4. The molecule has 2 aromatic carbocycles. The number of amides is 4. The predicted molar refractivity (Wildman–Crippen MR) is 104 cm³/mol. The number of carbonyl (C=O) groups is 4. The number of urea groups is 1. The van der Waals surface area contributed by atoms with Crippen molar-refractivity contribution < 1.29 is 19.2 Å². The van der Waals surface area contributed by atoms with Crippen LogP contribution in [0.1, 0.15) is 36.2 Å². The summed E-state index contributed by atoms with van der Waals surface area (Å²) in [5.74, 6) is -0.961. The van der Waals surface area contributed by atoms with E-state index in [0.29, 0.717) is 23.2 Å². The van der Waals surface area contributed by atoms with Gasteiger partial charge in [-0.25, -0.2) is 4.79 Å². The van der Waals surface area contributed by atoms with Crippen LogP contribution >= 0.6 is 0 Å². The van der Waals surface area contributed by atoms with E-state index in [-0.39, 0.29) is 18.2 Å². The van der Waals surface area contributed by atoms with E-state index < -0.39 is 17.5 Å². The zero-order valence-corrected chi connectivity index (χ0v) is 15.7. The number of Topliss-reactive ketones (excluding diaryl/α,β-unsaturated/α-hetero) is 1. The molecule has 7 nitrogen and oxygen atoms in total. The second kappa shape index (κ2) is 7.64. The summed E-state index contributed by atoms with van der Waals surface area (Å²) in [5, 5.41) is 5.37. The smallest absolute Gasteiger partial charge is 0.325 e. The molecule has 0 saturated carbocycles. The fourth-order valence-corrected chi connectivity index (χ4v) is 3.03. The highest BCUT2D eigenvalue weighted by Gasteiger charge is 2.49. The Hall–Kier alpha value is -3.48. The number of ketones is 1. The van der Waals surface area contributed by atoms with Crippen LogP contribution in [0.3, 0.4) is 0 Å². The van der Waals surface area contributed by atoms with Crippen molar-refractivity contribution in [2.24, 2.45) is 0 Å². The van der Waals surface area contributed by atoms with E-state index in [1.165, 1.54) is 0 Å². The number of nitrogens with zero attached hydrogens (tertiary/aromatic N) is 1. The van der Waals surface area contributed by atoms with Gasteiger partial charge in [0.15, 0.2) is 5.78 Å². The summed E-state index contributed by atoms with van der Waals surface area (Å²) in [6, 6.07) is 14.6. The fourth-order valence-electron chi connectivity index (χ4n) is 3.03. The fraction of sp³-hybridized carbons (Fsp3) is 0.238. The van der Waals surface area contributed by atoms with Crippen LogP contribution in [0.5, 0.6) is 0 Å². The number of rotatable bonds is 6. The Morgan fingerprint density at radius 1 is 1.04 bits per heavy atom. The van der Waals surface area contributed by atoms with Gasteiger partial charge in [0, 0.05) is 17.7 Å². The largest absolute Gasteiger partial charge is 0.326 e. The van der Waals surface area contributed by atoms with Crippen molar-refractivity contribution in [3.8, 4) is 0 Å². The average Bonchev–Trinajstić information content (AvgIpc) is 2.93. The van der Waals surface area contributed by atoms with Crippen molar-refractivity contribution in [3.05, 3.63) is 65.7 Å². The summed E-state index contributed by atoms with van der Waals surface area (Å²) in [6.07, 6.45) is 0.354. The van der Waals surface area contributed by atoms with E-state index >= 15 is 0 Å². The lowest BCUT2D eigenvalue weighted by Crippen LogP contribution is -2.41. The Morgan fingerprint density at radius 3 is 2.29 bits per heavy atom. The van der Waals surface area contributed by atoms with E-state index in [2.05, 4.69) is 10.6 Å². The zero-order chi connectivity index (χ0) is 20.3. The highest BCUT2D eigenvalue weighted by Crippen LogP contribution is 2.28. The molecule has 1 atom stereocenters. The van der Waals surface area contributed by atoms with Gasteiger partial charge in [-0.15, -0.1) is 0 Å². The highest BCUT2D eigenvalue weighted by molar-refractivity contribution is 6.11. The Balaban J connectivity index is 1.73. The van der Waals surface area contributed by atoms with Crippen molar-refractivity contribution in [3.63, 3.8) is 0 Å². The number of hydrogen-bond acceptors (Lipinski definition) is 4. The lowest BCUT2D eigenvalue weighted by Gasteiger charge is -2.22. The molecule has 28 heavy (non-hydrogen) atoms. The van der Waals surface area contributed by atoms with Crippen molar-refractivity contribution in [1.29, 1.82) is 0 Å². The number of carbonyl (C=O) groups excluding carboxylic acids is 4. The standard InChI is InChI=1S/C21H21N3O4/c1-3-18(26)22-16-11-9-14(10-12-16)17(25)13-24-19(27)21(2,23-20(24)28)15-7-5-4-6-8-15/h4-12H,3,13H2,1-2H3,(H,22,26)(H,23,28)/t21-/m1/s1. The number of imide groups is 1. The molecule has 144 valence electrons. The maximum absolute atomic E-state index is 12.9. The maximum atomic E-state index is 12.9. The second-order valence-corrected chi connectivity index (χ2v) is 6.71. The van der Waals surface area contributed by atoms with E-state index in [1.807, 2.05) is 6.07 Å². The summed E-state index contributed by atoms with van der Waals surface area (Å²) in [7, 11) is 0. The van der Waals surface area contributed by atoms with Crippen LogP contribution < -0.4 is 10.6 Å². The van der Waals surface area contributed by atoms with Gasteiger partial charge in [-0.3, -0.25) is 19.3 Å². The van der Waals surface area contributed by atoms with E-state index in [9.17, 15) is 19.2 Å². The van der Waals surface area contributed by atoms with Crippen molar-refractivity contribution in [2.45, 2.75) is 25.8 Å². The van der Waals surface area contributed by atoms with Crippen molar-refractivity contribution in [2.75, 3.05) is 11.9 Å². The van der Waals surface area contributed by atoms with Gasteiger partial charge in [0.05, 0.1) is 6.54 Å². The maximum Gasteiger partial charge on any atom is 0.325 e. The molecule has 0 bridgehead atoms. The topological polar surface area (TPSA) is 95.6 Å². The molecule has 3 rings (SSSR count).